The molecule has 0 N–H and O–H groups in total. The third-order valence-electron chi connectivity index (χ3n) is 4.11. The molecule has 1 aromatic heterocycles. The molecule has 0 bridgehead atoms. The predicted molar refractivity (Wildman–Crippen MR) is 106 cm³/mol. The van der Waals surface area contributed by atoms with E-state index in [4.69, 9.17) is 14.2 Å². The SMILES string of the molecule is CCOc1cc(Cc2cncnc2)cc(OCC)c1-c1cccc(OC)c1. The lowest BCUT2D eigenvalue weighted by Gasteiger charge is -2.18. The lowest BCUT2D eigenvalue weighted by molar-refractivity contribution is 0.325. The highest BCUT2D eigenvalue weighted by Gasteiger charge is 2.16. The molecule has 0 unspecified atom stereocenters. The minimum atomic E-state index is 0.570. The van der Waals surface area contributed by atoms with E-state index in [1.165, 1.54) is 6.33 Å². The molecule has 0 saturated heterocycles. The van der Waals surface area contributed by atoms with E-state index in [0.29, 0.717) is 19.6 Å². The fraction of sp³-hybridized carbons (Fsp3) is 0.273. The molecular weight excluding hydrogens is 340 g/mol. The molecule has 0 aliphatic heterocycles. The van der Waals surface area contributed by atoms with E-state index < -0.39 is 0 Å². The third-order valence-corrected chi connectivity index (χ3v) is 4.11. The van der Waals surface area contributed by atoms with Gasteiger partial charge in [0.1, 0.15) is 23.6 Å². The number of benzene rings is 2. The highest BCUT2D eigenvalue weighted by atomic mass is 16.5. The summed E-state index contributed by atoms with van der Waals surface area (Å²) in [6.07, 6.45) is 5.89. The molecule has 140 valence electrons. The molecule has 0 radical (unpaired) electrons. The predicted octanol–water partition coefficient (Wildman–Crippen LogP) is 4.54. The van der Waals surface area contributed by atoms with Gasteiger partial charge in [0.15, 0.2) is 0 Å². The minimum Gasteiger partial charge on any atom is -0.497 e. The number of aromatic nitrogens is 2. The Morgan fingerprint density at radius 1 is 0.852 bits per heavy atom. The monoisotopic (exact) mass is 364 g/mol. The summed E-state index contributed by atoms with van der Waals surface area (Å²) in [6.45, 7) is 5.10. The summed E-state index contributed by atoms with van der Waals surface area (Å²) < 4.78 is 17.3. The van der Waals surface area contributed by atoms with Gasteiger partial charge in [-0.15, -0.1) is 0 Å². The zero-order valence-corrected chi connectivity index (χ0v) is 15.9. The highest BCUT2D eigenvalue weighted by molar-refractivity contribution is 5.78. The fourth-order valence-corrected chi connectivity index (χ4v) is 3.00. The van der Waals surface area contributed by atoms with Crippen molar-refractivity contribution < 1.29 is 14.2 Å². The summed E-state index contributed by atoms with van der Waals surface area (Å²) in [5, 5.41) is 0. The standard InChI is InChI=1S/C22H24N2O3/c1-4-26-20-10-16(9-17-13-23-15-24-14-17)11-21(27-5-2)22(20)18-7-6-8-19(12-18)25-3/h6-8,10-15H,4-5,9H2,1-3H3. The zero-order valence-electron chi connectivity index (χ0n) is 15.9. The smallest absolute Gasteiger partial charge is 0.131 e. The van der Waals surface area contributed by atoms with E-state index >= 15 is 0 Å². The van der Waals surface area contributed by atoms with Gasteiger partial charge in [-0.2, -0.15) is 0 Å². The fourth-order valence-electron chi connectivity index (χ4n) is 3.00. The topological polar surface area (TPSA) is 53.5 Å². The van der Waals surface area contributed by atoms with Crippen LogP contribution in [0.3, 0.4) is 0 Å². The number of hydrogen-bond donors (Lipinski definition) is 0. The van der Waals surface area contributed by atoms with E-state index in [0.717, 1.165) is 39.5 Å². The number of methoxy groups -OCH3 is 1. The second-order valence-corrected chi connectivity index (χ2v) is 5.99. The van der Waals surface area contributed by atoms with Crippen LogP contribution in [0.25, 0.3) is 11.1 Å². The van der Waals surface area contributed by atoms with Crippen LogP contribution in [0.5, 0.6) is 17.2 Å². The van der Waals surface area contributed by atoms with Gasteiger partial charge in [-0.3, -0.25) is 0 Å². The van der Waals surface area contributed by atoms with Crippen molar-refractivity contribution in [1.82, 2.24) is 9.97 Å². The van der Waals surface area contributed by atoms with Crippen LogP contribution in [-0.4, -0.2) is 30.3 Å². The number of hydrogen-bond acceptors (Lipinski definition) is 5. The first kappa shape index (κ1) is 18.7. The second-order valence-electron chi connectivity index (χ2n) is 5.99. The number of rotatable bonds is 8. The minimum absolute atomic E-state index is 0.570. The Kier molecular flexibility index (Phi) is 6.26. The van der Waals surface area contributed by atoms with Gasteiger partial charge < -0.3 is 14.2 Å². The number of nitrogens with zero attached hydrogens (tertiary/aromatic N) is 2. The van der Waals surface area contributed by atoms with Gasteiger partial charge in [-0.25, -0.2) is 9.97 Å². The summed E-state index contributed by atoms with van der Waals surface area (Å²) in [6, 6.07) is 12.0. The van der Waals surface area contributed by atoms with Gasteiger partial charge in [0.2, 0.25) is 0 Å². The summed E-state index contributed by atoms with van der Waals surface area (Å²) in [5.74, 6) is 2.38. The van der Waals surface area contributed by atoms with Crippen molar-refractivity contribution in [3.8, 4) is 28.4 Å². The van der Waals surface area contributed by atoms with E-state index in [9.17, 15) is 0 Å². The van der Waals surface area contributed by atoms with Crippen molar-refractivity contribution in [3.05, 3.63) is 66.2 Å². The summed E-state index contributed by atoms with van der Waals surface area (Å²) in [4.78, 5) is 8.19. The molecule has 0 fully saturated rings. The van der Waals surface area contributed by atoms with E-state index in [-0.39, 0.29) is 0 Å². The largest absolute Gasteiger partial charge is 0.497 e. The average molecular weight is 364 g/mol. The van der Waals surface area contributed by atoms with Crippen molar-refractivity contribution in [2.75, 3.05) is 20.3 Å². The second kappa shape index (κ2) is 9.03. The van der Waals surface area contributed by atoms with E-state index in [1.807, 2.05) is 50.5 Å². The molecule has 0 aliphatic rings. The molecule has 0 aliphatic carbocycles. The van der Waals surface area contributed by atoms with Crippen LogP contribution in [-0.2, 0) is 6.42 Å². The van der Waals surface area contributed by atoms with Gasteiger partial charge in [0.05, 0.1) is 25.9 Å². The molecule has 0 amide bonds. The van der Waals surface area contributed by atoms with E-state index in [2.05, 4.69) is 22.1 Å². The lowest BCUT2D eigenvalue weighted by Crippen LogP contribution is -2.02. The maximum Gasteiger partial charge on any atom is 0.131 e. The Morgan fingerprint density at radius 2 is 1.52 bits per heavy atom. The lowest BCUT2D eigenvalue weighted by atomic mass is 9.98. The van der Waals surface area contributed by atoms with Crippen molar-refractivity contribution in [2.24, 2.45) is 0 Å². The van der Waals surface area contributed by atoms with Crippen LogP contribution in [0.4, 0.5) is 0 Å². The quantitative estimate of drug-likeness (QED) is 0.587. The molecule has 2 aromatic carbocycles. The Balaban J connectivity index is 2.10. The van der Waals surface area contributed by atoms with Gasteiger partial charge in [0.25, 0.3) is 0 Å². The van der Waals surface area contributed by atoms with Crippen molar-refractivity contribution in [3.63, 3.8) is 0 Å². The zero-order chi connectivity index (χ0) is 19.1. The molecule has 0 atom stereocenters. The first-order chi connectivity index (χ1) is 13.2. The molecule has 5 heteroatoms. The molecule has 0 spiro atoms. The molecule has 3 rings (SSSR count). The van der Waals surface area contributed by atoms with Crippen LogP contribution < -0.4 is 14.2 Å². The molecule has 27 heavy (non-hydrogen) atoms. The Hall–Kier alpha value is -3.08. The third kappa shape index (κ3) is 4.56. The first-order valence-electron chi connectivity index (χ1n) is 9.06. The van der Waals surface area contributed by atoms with Crippen molar-refractivity contribution in [1.29, 1.82) is 0 Å². The van der Waals surface area contributed by atoms with Gasteiger partial charge in [-0.1, -0.05) is 12.1 Å². The van der Waals surface area contributed by atoms with Gasteiger partial charge in [0, 0.05) is 18.8 Å². The van der Waals surface area contributed by atoms with Crippen LogP contribution in [0.15, 0.2) is 55.1 Å². The number of ether oxygens (including phenoxy) is 3. The van der Waals surface area contributed by atoms with Gasteiger partial charge in [-0.05, 0) is 54.8 Å². The molecule has 3 aromatic rings. The summed E-state index contributed by atoms with van der Waals surface area (Å²) >= 11 is 0. The Morgan fingerprint density at radius 3 is 2.11 bits per heavy atom. The van der Waals surface area contributed by atoms with E-state index in [1.54, 1.807) is 7.11 Å². The average Bonchev–Trinajstić information content (AvgIpc) is 2.69. The van der Waals surface area contributed by atoms with Crippen LogP contribution >= 0.6 is 0 Å². The molecular formula is C22H24N2O3. The molecule has 0 saturated carbocycles. The normalized spacial score (nSPS) is 10.5. The van der Waals surface area contributed by atoms with Crippen LogP contribution in [0.2, 0.25) is 0 Å². The van der Waals surface area contributed by atoms with Crippen molar-refractivity contribution in [2.45, 2.75) is 20.3 Å². The van der Waals surface area contributed by atoms with Crippen molar-refractivity contribution >= 4 is 0 Å². The molecule has 5 nitrogen and oxygen atoms in total. The first-order valence-corrected chi connectivity index (χ1v) is 9.06. The maximum absolute atomic E-state index is 5.98. The van der Waals surface area contributed by atoms with Gasteiger partial charge >= 0.3 is 0 Å². The Bertz CT molecular complexity index is 855. The summed E-state index contributed by atoms with van der Waals surface area (Å²) in [5.41, 5.74) is 4.06. The van der Waals surface area contributed by atoms with Crippen LogP contribution in [0.1, 0.15) is 25.0 Å². The Labute approximate surface area is 160 Å². The highest BCUT2D eigenvalue weighted by Crippen LogP contribution is 2.41. The summed E-state index contributed by atoms with van der Waals surface area (Å²) in [7, 11) is 1.66. The molecule has 1 heterocycles. The van der Waals surface area contributed by atoms with Crippen LogP contribution in [0, 0.1) is 0 Å². The maximum atomic E-state index is 5.98.